The maximum atomic E-state index is 13.3. The van der Waals surface area contributed by atoms with Crippen molar-refractivity contribution in [3.63, 3.8) is 0 Å². The van der Waals surface area contributed by atoms with Crippen LogP contribution < -0.4 is 10.2 Å². The smallest absolute Gasteiger partial charge is 0.416 e. The van der Waals surface area contributed by atoms with Crippen LogP contribution in [0.4, 0.5) is 23.7 Å². The minimum absolute atomic E-state index is 0.0318. The number of hydrogen-bond acceptors (Lipinski definition) is 5. The average molecular weight is 504 g/mol. The van der Waals surface area contributed by atoms with Crippen LogP contribution in [0.3, 0.4) is 0 Å². The number of hydrogen-bond donors (Lipinski definition) is 1. The van der Waals surface area contributed by atoms with E-state index in [0.29, 0.717) is 0 Å². The van der Waals surface area contributed by atoms with Crippen LogP contribution >= 0.6 is 0 Å². The predicted molar refractivity (Wildman–Crippen MR) is 123 cm³/mol. The number of ether oxygens (including phenoxy) is 1. The maximum Gasteiger partial charge on any atom is 0.416 e. The van der Waals surface area contributed by atoms with Crippen molar-refractivity contribution < 1.29 is 31.7 Å². The van der Waals surface area contributed by atoms with E-state index in [2.05, 4.69) is 11.9 Å². The summed E-state index contributed by atoms with van der Waals surface area (Å²) < 4.78 is 57.4. The van der Waals surface area contributed by atoms with Crippen molar-refractivity contribution in [3.05, 3.63) is 83.1 Å². The number of nitriles is 1. The van der Waals surface area contributed by atoms with Gasteiger partial charge in [0.2, 0.25) is 0 Å². The van der Waals surface area contributed by atoms with Crippen LogP contribution in [0, 0.1) is 11.3 Å². The highest BCUT2D eigenvalue weighted by molar-refractivity contribution is 7.84. The minimum Gasteiger partial charge on any atom is -0.458 e. The number of esters is 1. The number of carbonyl (C=O) groups excluding carboxylic acids is 2. The van der Waals surface area contributed by atoms with E-state index in [4.69, 9.17) is 4.74 Å². The van der Waals surface area contributed by atoms with E-state index in [0.717, 1.165) is 23.1 Å². The summed E-state index contributed by atoms with van der Waals surface area (Å²) in [6.07, 6.45) is -1.92. The molecule has 7 nitrogen and oxygen atoms in total. The van der Waals surface area contributed by atoms with Gasteiger partial charge in [0.25, 0.3) is 0 Å². The molecule has 1 N–H and O–H groups in total. The molecule has 182 valence electrons. The second kappa shape index (κ2) is 10.1. The molecule has 2 atom stereocenters. The first kappa shape index (κ1) is 25.7. The van der Waals surface area contributed by atoms with Gasteiger partial charge in [-0.15, -0.1) is 0 Å². The van der Waals surface area contributed by atoms with Crippen LogP contribution in [0.2, 0.25) is 0 Å². The Bertz CT molecular complexity index is 1300. The zero-order chi connectivity index (χ0) is 25.9. The molecule has 0 fully saturated rings. The molecule has 0 radical (unpaired) electrons. The SMILES string of the molecule is C=CCOC(=O)C1=C(C)N(c2cccc(C(F)(F)F)c2)C(=O)N[C@@H]1c1ccc(C#N)cc1S(C)=O. The molecule has 2 amide bonds. The molecule has 2 aromatic rings. The lowest BCUT2D eigenvalue weighted by Crippen LogP contribution is -2.48. The predicted octanol–water partition coefficient (Wildman–Crippen LogP) is 4.59. The fraction of sp³-hybridized carbons (Fsp3) is 0.208. The number of alkyl halides is 3. The topological polar surface area (TPSA) is 99.5 Å². The first-order chi connectivity index (χ1) is 16.5. The number of benzene rings is 2. The summed E-state index contributed by atoms with van der Waals surface area (Å²) >= 11 is 0. The van der Waals surface area contributed by atoms with Crippen molar-refractivity contribution in [2.24, 2.45) is 0 Å². The van der Waals surface area contributed by atoms with Crippen molar-refractivity contribution in [3.8, 4) is 6.07 Å². The molecule has 0 aromatic heterocycles. The second-order valence-electron chi connectivity index (χ2n) is 7.47. The van der Waals surface area contributed by atoms with Crippen LogP contribution in [0.15, 0.2) is 71.3 Å². The molecule has 1 aliphatic heterocycles. The number of rotatable bonds is 6. The molecule has 3 rings (SSSR count). The Morgan fingerprint density at radius 2 is 2.03 bits per heavy atom. The highest BCUT2D eigenvalue weighted by Crippen LogP contribution is 2.38. The Balaban J connectivity index is 2.23. The minimum atomic E-state index is -4.64. The van der Waals surface area contributed by atoms with Crippen LogP contribution in [0.1, 0.15) is 29.7 Å². The summed E-state index contributed by atoms with van der Waals surface area (Å²) in [6, 6.07) is 8.43. The number of urea groups is 1. The third-order valence-corrected chi connectivity index (χ3v) is 6.20. The van der Waals surface area contributed by atoms with Gasteiger partial charge in [-0.05, 0) is 42.8 Å². The quantitative estimate of drug-likeness (QED) is 0.459. The van der Waals surface area contributed by atoms with Gasteiger partial charge in [-0.2, -0.15) is 18.4 Å². The second-order valence-corrected chi connectivity index (χ2v) is 8.82. The summed E-state index contributed by atoms with van der Waals surface area (Å²) in [5.74, 6) is -0.846. The molecule has 0 aliphatic carbocycles. The molecule has 1 unspecified atom stereocenters. The number of anilines is 1. The lowest BCUT2D eigenvalue weighted by molar-refractivity contribution is -0.139. The average Bonchev–Trinajstić information content (AvgIpc) is 2.81. The Morgan fingerprint density at radius 1 is 1.31 bits per heavy atom. The largest absolute Gasteiger partial charge is 0.458 e. The van der Waals surface area contributed by atoms with Crippen molar-refractivity contribution >= 4 is 28.5 Å². The van der Waals surface area contributed by atoms with Gasteiger partial charge in [0.1, 0.15) is 6.61 Å². The number of halogens is 3. The molecule has 0 bridgehead atoms. The molecular formula is C24H20F3N3O4S. The molecule has 1 heterocycles. The van der Waals surface area contributed by atoms with Crippen molar-refractivity contribution in [2.45, 2.75) is 24.0 Å². The normalized spacial score (nSPS) is 16.9. The van der Waals surface area contributed by atoms with E-state index >= 15 is 0 Å². The van der Waals surface area contributed by atoms with Gasteiger partial charge < -0.3 is 10.1 Å². The third-order valence-electron chi connectivity index (χ3n) is 5.23. The lowest BCUT2D eigenvalue weighted by atomic mass is 9.93. The number of nitrogens with zero attached hydrogens (tertiary/aromatic N) is 2. The number of carbonyl (C=O) groups is 2. The summed E-state index contributed by atoms with van der Waals surface area (Å²) in [7, 11) is -1.60. The van der Waals surface area contributed by atoms with Crippen molar-refractivity contribution in [1.82, 2.24) is 5.32 Å². The van der Waals surface area contributed by atoms with E-state index < -0.39 is 40.6 Å². The molecule has 0 spiro atoms. The Hall–Kier alpha value is -3.91. The molecule has 0 saturated heterocycles. The Morgan fingerprint density at radius 3 is 2.63 bits per heavy atom. The first-order valence-electron chi connectivity index (χ1n) is 10.1. The summed E-state index contributed by atoms with van der Waals surface area (Å²) in [5, 5.41) is 11.8. The fourth-order valence-electron chi connectivity index (χ4n) is 3.68. The standard InChI is InChI=1S/C24H20F3N3O4S/c1-4-10-34-22(31)20-14(2)30(17-7-5-6-16(12-17)24(25,26)27)23(32)29-21(20)18-9-8-15(13-28)11-19(18)35(3)33/h4-9,11-12,21H,1,10H2,2-3H3,(H,29,32)/t21-,35?/m1/s1. The lowest BCUT2D eigenvalue weighted by Gasteiger charge is -2.36. The molecule has 2 aromatic carbocycles. The van der Waals surface area contributed by atoms with Gasteiger partial charge in [0.15, 0.2) is 0 Å². The number of amides is 2. The zero-order valence-corrected chi connectivity index (χ0v) is 19.5. The van der Waals surface area contributed by atoms with Gasteiger partial charge in [-0.3, -0.25) is 9.11 Å². The Labute approximate surface area is 201 Å². The van der Waals surface area contributed by atoms with Gasteiger partial charge in [-0.1, -0.05) is 24.8 Å². The van der Waals surface area contributed by atoms with E-state index in [1.807, 2.05) is 6.07 Å². The molecule has 0 saturated carbocycles. The van der Waals surface area contributed by atoms with Crippen LogP contribution in [0.5, 0.6) is 0 Å². The van der Waals surface area contributed by atoms with E-state index in [-0.39, 0.29) is 39.6 Å². The maximum absolute atomic E-state index is 13.3. The fourth-order valence-corrected chi connectivity index (χ4v) is 4.49. The van der Waals surface area contributed by atoms with Gasteiger partial charge >= 0.3 is 18.2 Å². The van der Waals surface area contributed by atoms with Gasteiger partial charge in [0.05, 0.1) is 45.3 Å². The number of nitrogens with one attached hydrogen (secondary N) is 1. The van der Waals surface area contributed by atoms with Gasteiger partial charge in [0, 0.05) is 16.8 Å². The molecular weight excluding hydrogens is 483 g/mol. The monoisotopic (exact) mass is 503 g/mol. The van der Waals surface area contributed by atoms with Gasteiger partial charge in [-0.25, -0.2) is 9.59 Å². The van der Waals surface area contributed by atoms with E-state index in [9.17, 15) is 32.2 Å². The zero-order valence-electron chi connectivity index (χ0n) is 18.7. The molecule has 1 aliphatic rings. The van der Waals surface area contributed by atoms with Crippen LogP contribution in [0.25, 0.3) is 0 Å². The summed E-state index contributed by atoms with van der Waals surface area (Å²) in [5.41, 5.74) is -0.606. The van der Waals surface area contributed by atoms with E-state index in [1.165, 1.54) is 43.5 Å². The highest BCUT2D eigenvalue weighted by atomic mass is 32.2. The third kappa shape index (κ3) is 5.27. The summed E-state index contributed by atoms with van der Waals surface area (Å²) in [4.78, 5) is 27.3. The van der Waals surface area contributed by atoms with Crippen molar-refractivity contribution in [2.75, 3.05) is 17.8 Å². The highest BCUT2D eigenvalue weighted by Gasteiger charge is 2.39. The summed E-state index contributed by atoms with van der Waals surface area (Å²) in [6.45, 7) is 4.74. The van der Waals surface area contributed by atoms with Crippen LogP contribution in [-0.4, -0.2) is 29.1 Å². The van der Waals surface area contributed by atoms with E-state index in [1.54, 1.807) is 0 Å². The number of allylic oxidation sites excluding steroid dienone is 1. The van der Waals surface area contributed by atoms with Crippen molar-refractivity contribution in [1.29, 1.82) is 5.26 Å². The molecule has 35 heavy (non-hydrogen) atoms. The Kier molecular flexibility index (Phi) is 7.45. The van der Waals surface area contributed by atoms with Crippen LogP contribution in [-0.2, 0) is 26.5 Å². The molecule has 11 heteroatoms. The first-order valence-corrected chi connectivity index (χ1v) is 11.7.